The summed E-state index contributed by atoms with van der Waals surface area (Å²) in [6.45, 7) is 10.6. The maximum absolute atomic E-state index is 12.7. The summed E-state index contributed by atoms with van der Waals surface area (Å²) in [5.74, 6) is 0. The Morgan fingerprint density at radius 3 is 2.75 bits per heavy atom. The van der Waals surface area contributed by atoms with Crippen molar-refractivity contribution in [3.8, 4) is 0 Å². The minimum atomic E-state index is -0.512. The van der Waals surface area contributed by atoms with Crippen LogP contribution < -0.4 is 0 Å². The SMILES string of the molecule is CC1(C)CC(c2cn3cc(Br)ncc3n2)N(C(=O)OC(C)(C)C)C1. The molecule has 0 radical (unpaired) electrons. The summed E-state index contributed by atoms with van der Waals surface area (Å²) in [5.41, 5.74) is 1.14. The van der Waals surface area contributed by atoms with Gasteiger partial charge in [0.25, 0.3) is 0 Å². The van der Waals surface area contributed by atoms with E-state index in [0.717, 1.165) is 22.4 Å². The number of halogens is 1. The van der Waals surface area contributed by atoms with Crippen LogP contribution >= 0.6 is 15.9 Å². The van der Waals surface area contributed by atoms with Crippen LogP contribution in [0, 0.1) is 5.41 Å². The number of carbonyl (C=O) groups excluding carboxylic acids is 1. The molecule has 2 aromatic heterocycles. The second-order valence-corrected chi connectivity index (χ2v) is 8.95. The molecule has 1 saturated heterocycles. The van der Waals surface area contributed by atoms with E-state index in [4.69, 9.17) is 4.74 Å². The van der Waals surface area contributed by atoms with Crippen molar-refractivity contribution < 1.29 is 9.53 Å². The molecule has 1 aliphatic rings. The number of rotatable bonds is 1. The molecule has 1 amide bonds. The van der Waals surface area contributed by atoms with E-state index in [0.29, 0.717) is 6.54 Å². The highest BCUT2D eigenvalue weighted by Crippen LogP contribution is 2.42. The molecular weight excluding hydrogens is 372 g/mol. The first kappa shape index (κ1) is 17.2. The number of imidazole rings is 1. The molecule has 0 bridgehead atoms. The minimum Gasteiger partial charge on any atom is -0.444 e. The molecule has 1 atom stereocenters. The third-order valence-electron chi connectivity index (χ3n) is 4.02. The third kappa shape index (κ3) is 3.55. The number of carbonyl (C=O) groups is 1. The first-order valence-electron chi connectivity index (χ1n) is 8.04. The Labute approximate surface area is 150 Å². The number of hydrogen-bond donors (Lipinski definition) is 0. The number of fused-ring (bicyclic) bond motifs is 1. The van der Waals surface area contributed by atoms with Crippen LogP contribution in [0.2, 0.25) is 0 Å². The van der Waals surface area contributed by atoms with E-state index < -0.39 is 5.60 Å². The molecule has 3 heterocycles. The summed E-state index contributed by atoms with van der Waals surface area (Å²) in [6.07, 6.45) is 6.11. The molecule has 24 heavy (non-hydrogen) atoms. The number of ether oxygens (including phenoxy) is 1. The topological polar surface area (TPSA) is 59.7 Å². The highest BCUT2D eigenvalue weighted by Gasteiger charge is 2.43. The molecule has 1 fully saturated rings. The average Bonchev–Trinajstić information content (AvgIpc) is 2.96. The third-order valence-corrected chi connectivity index (χ3v) is 4.43. The maximum Gasteiger partial charge on any atom is 0.410 e. The van der Waals surface area contributed by atoms with Crippen LogP contribution in [-0.2, 0) is 4.74 Å². The number of aromatic nitrogens is 3. The van der Waals surface area contributed by atoms with Gasteiger partial charge in [-0.15, -0.1) is 0 Å². The molecule has 0 aliphatic carbocycles. The van der Waals surface area contributed by atoms with Crippen molar-refractivity contribution in [3.63, 3.8) is 0 Å². The second kappa shape index (κ2) is 5.72. The molecule has 6 nitrogen and oxygen atoms in total. The second-order valence-electron chi connectivity index (χ2n) is 8.13. The normalized spacial score (nSPS) is 20.6. The van der Waals surface area contributed by atoms with Gasteiger partial charge in [0.2, 0.25) is 0 Å². The zero-order chi connectivity index (χ0) is 17.7. The molecule has 0 aromatic carbocycles. The lowest BCUT2D eigenvalue weighted by atomic mass is 9.90. The summed E-state index contributed by atoms with van der Waals surface area (Å²) >= 11 is 3.37. The van der Waals surface area contributed by atoms with Gasteiger partial charge in [0, 0.05) is 18.9 Å². The fourth-order valence-electron chi connectivity index (χ4n) is 3.10. The molecule has 0 spiro atoms. The predicted molar refractivity (Wildman–Crippen MR) is 94.8 cm³/mol. The van der Waals surface area contributed by atoms with E-state index in [-0.39, 0.29) is 17.6 Å². The van der Waals surface area contributed by atoms with Crippen molar-refractivity contribution in [2.45, 2.75) is 52.7 Å². The Bertz CT molecular complexity index is 778. The molecule has 1 aliphatic heterocycles. The van der Waals surface area contributed by atoms with Crippen molar-refractivity contribution in [2.24, 2.45) is 5.41 Å². The zero-order valence-electron chi connectivity index (χ0n) is 14.7. The van der Waals surface area contributed by atoms with Crippen molar-refractivity contribution in [2.75, 3.05) is 6.54 Å². The predicted octanol–water partition coefficient (Wildman–Crippen LogP) is 4.20. The van der Waals surface area contributed by atoms with Gasteiger partial charge in [0.05, 0.1) is 17.9 Å². The highest BCUT2D eigenvalue weighted by atomic mass is 79.9. The number of nitrogens with zero attached hydrogens (tertiary/aromatic N) is 4. The van der Waals surface area contributed by atoms with Crippen LogP contribution in [0.1, 0.15) is 52.8 Å². The lowest BCUT2D eigenvalue weighted by molar-refractivity contribution is 0.0210. The smallest absolute Gasteiger partial charge is 0.410 e. The van der Waals surface area contributed by atoms with Gasteiger partial charge in [-0.1, -0.05) is 13.8 Å². The summed E-state index contributed by atoms with van der Waals surface area (Å²) in [6, 6.07) is -0.0893. The van der Waals surface area contributed by atoms with Crippen LogP contribution in [0.3, 0.4) is 0 Å². The molecule has 0 saturated carbocycles. The van der Waals surface area contributed by atoms with Crippen molar-refractivity contribution in [3.05, 3.63) is 28.9 Å². The van der Waals surface area contributed by atoms with Gasteiger partial charge in [-0.25, -0.2) is 14.8 Å². The summed E-state index contributed by atoms with van der Waals surface area (Å²) in [5, 5.41) is 0. The van der Waals surface area contributed by atoms with Gasteiger partial charge in [0.15, 0.2) is 5.65 Å². The van der Waals surface area contributed by atoms with Crippen LogP contribution in [0.4, 0.5) is 4.79 Å². The maximum atomic E-state index is 12.7. The van der Waals surface area contributed by atoms with Gasteiger partial charge in [-0.05, 0) is 48.5 Å². The van der Waals surface area contributed by atoms with Crippen LogP contribution in [0.25, 0.3) is 5.65 Å². The number of likely N-dealkylation sites (tertiary alicyclic amines) is 1. The van der Waals surface area contributed by atoms with Gasteiger partial charge in [-0.3, -0.25) is 4.90 Å². The zero-order valence-corrected chi connectivity index (χ0v) is 16.3. The summed E-state index contributed by atoms with van der Waals surface area (Å²) < 4.78 is 8.26. The lowest BCUT2D eigenvalue weighted by Gasteiger charge is -2.28. The number of amides is 1. The fourth-order valence-corrected chi connectivity index (χ4v) is 3.42. The van der Waals surface area contributed by atoms with Gasteiger partial charge in [-0.2, -0.15) is 0 Å². The van der Waals surface area contributed by atoms with Gasteiger partial charge in [0.1, 0.15) is 10.2 Å². The van der Waals surface area contributed by atoms with Gasteiger partial charge >= 0.3 is 6.09 Å². The Balaban J connectivity index is 1.94. The molecule has 1 unspecified atom stereocenters. The van der Waals surface area contributed by atoms with Crippen LogP contribution in [-0.4, -0.2) is 37.5 Å². The Kier molecular flexibility index (Phi) is 4.10. The van der Waals surface area contributed by atoms with Crippen LogP contribution in [0.5, 0.6) is 0 Å². The lowest BCUT2D eigenvalue weighted by Crippen LogP contribution is -2.37. The van der Waals surface area contributed by atoms with E-state index >= 15 is 0 Å². The van der Waals surface area contributed by atoms with Crippen LogP contribution in [0.15, 0.2) is 23.2 Å². The Hall–Kier alpha value is -1.63. The van der Waals surface area contributed by atoms with Crippen molar-refractivity contribution >= 4 is 27.7 Å². The monoisotopic (exact) mass is 394 g/mol. The molecule has 7 heteroatoms. The van der Waals surface area contributed by atoms with E-state index in [9.17, 15) is 4.79 Å². The Morgan fingerprint density at radius 2 is 2.08 bits per heavy atom. The molecule has 130 valence electrons. The highest BCUT2D eigenvalue weighted by molar-refractivity contribution is 9.10. The van der Waals surface area contributed by atoms with E-state index in [2.05, 4.69) is 39.7 Å². The van der Waals surface area contributed by atoms with Crippen molar-refractivity contribution in [1.82, 2.24) is 19.3 Å². The first-order valence-corrected chi connectivity index (χ1v) is 8.83. The fraction of sp³-hybridized carbons (Fsp3) is 0.588. The standard InChI is InChI=1S/C17H23BrN4O2/c1-16(2,3)24-15(23)22-10-17(4,5)6-12(22)11-8-21-9-13(18)19-7-14(21)20-11/h7-9,12H,6,10H2,1-5H3. The van der Waals surface area contributed by atoms with E-state index in [1.54, 1.807) is 11.1 Å². The largest absolute Gasteiger partial charge is 0.444 e. The minimum absolute atomic E-state index is 0.0240. The molecular formula is C17H23BrN4O2. The number of hydrogen-bond acceptors (Lipinski definition) is 4. The summed E-state index contributed by atoms with van der Waals surface area (Å²) in [4.78, 5) is 23.3. The molecule has 3 rings (SSSR count). The van der Waals surface area contributed by atoms with Gasteiger partial charge < -0.3 is 9.14 Å². The Morgan fingerprint density at radius 1 is 1.38 bits per heavy atom. The molecule has 2 aromatic rings. The first-order chi connectivity index (χ1) is 11.0. The quantitative estimate of drug-likeness (QED) is 0.726. The van der Waals surface area contributed by atoms with E-state index in [1.165, 1.54) is 0 Å². The molecule has 0 N–H and O–H groups in total. The average molecular weight is 395 g/mol. The summed E-state index contributed by atoms with van der Waals surface area (Å²) in [7, 11) is 0. The van der Waals surface area contributed by atoms with E-state index in [1.807, 2.05) is 37.6 Å². The van der Waals surface area contributed by atoms with Crippen molar-refractivity contribution in [1.29, 1.82) is 0 Å².